The van der Waals surface area contributed by atoms with E-state index in [9.17, 15) is 4.79 Å². The summed E-state index contributed by atoms with van der Waals surface area (Å²) in [6, 6.07) is 1.61. The van der Waals surface area contributed by atoms with E-state index in [4.69, 9.17) is 11.5 Å². The van der Waals surface area contributed by atoms with Crippen LogP contribution in [-0.2, 0) is 4.79 Å². The van der Waals surface area contributed by atoms with Gasteiger partial charge in [-0.2, -0.15) is 0 Å². The molecule has 0 aromatic carbocycles. The molecule has 12 heavy (non-hydrogen) atoms. The van der Waals surface area contributed by atoms with E-state index in [0.717, 1.165) is 0 Å². The van der Waals surface area contributed by atoms with Crippen molar-refractivity contribution in [2.45, 2.75) is 0 Å². The normalized spacial score (nSPS) is 9.42. The van der Waals surface area contributed by atoms with Crippen molar-refractivity contribution in [2.75, 3.05) is 17.6 Å². The van der Waals surface area contributed by atoms with E-state index < -0.39 is 0 Å². The van der Waals surface area contributed by atoms with Crippen molar-refractivity contribution in [1.82, 2.24) is 4.98 Å². The molecule has 5 nitrogen and oxygen atoms in total. The maximum atomic E-state index is 10.8. The Morgan fingerprint density at radius 1 is 1.67 bits per heavy atom. The molecule has 1 amide bonds. The molecular formula is C7H10N4O. The van der Waals surface area contributed by atoms with Gasteiger partial charge in [0, 0.05) is 6.20 Å². The molecule has 5 heteroatoms. The second-order valence-corrected chi connectivity index (χ2v) is 2.22. The number of hydrogen-bond donors (Lipinski definition) is 3. The summed E-state index contributed by atoms with van der Waals surface area (Å²) in [5.41, 5.74) is 11.6. The zero-order chi connectivity index (χ0) is 8.97. The van der Waals surface area contributed by atoms with Crippen LogP contribution in [0.15, 0.2) is 18.5 Å². The molecule has 1 heterocycles. The molecule has 0 aliphatic rings. The molecule has 1 aromatic heterocycles. The van der Waals surface area contributed by atoms with Gasteiger partial charge < -0.3 is 16.8 Å². The van der Waals surface area contributed by atoms with Crippen LogP contribution >= 0.6 is 0 Å². The number of carbonyl (C=O) groups is 1. The van der Waals surface area contributed by atoms with Crippen LogP contribution in [0.2, 0.25) is 0 Å². The molecule has 0 radical (unpaired) electrons. The van der Waals surface area contributed by atoms with Gasteiger partial charge in [-0.25, -0.2) is 0 Å². The SMILES string of the molecule is NCC(=O)Nc1ccncc1N. The Bertz CT molecular complexity index is 286. The van der Waals surface area contributed by atoms with Crippen LogP contribution < -0.4 is 16.8 Å². The topological polar surface area (TPSA) is 94.0 Å². The minimum Gasteiger partial charge on any atom is -0.396 e. The lowest BCUT2D eigenvalue weighted by atomic mass is 10.3. The summed E-state index contributed by atoms with van der Waals surface area (Å²) in [6.07, 6.45) is 3.01. The molecule has 0 atom stereocenters. The van der Waals surface area contributed by atoms with E-state index in [1.807, 2.05) is 0 Å². The van der Waals surface area contributed by atoms with E-state index in [0.29, 0.717) is 11.4 Å². The minimum atomic E-state index is -0.270. The van der Waals surface area contributed by atoms with Crippen LogP contribution in [0.4, 0.5) is 11.4 Å². The molecule has 0 saturated heterocycles. The average Bonchev–Trinajstić information content (AvgIpc) is 2.09. The number of nitrogens with two attached hydrogens (primary N) is 2. The molecule has 0 bridgehead atoms. The van der Waals surface area contributed by atoms with Crippen molar-refractivity contribution in [3.8, 4) is 0 Å². The Balaban J connectivity index is 2.75. The quantitative estimate of drug-likeness (QED) is 0.555. The number of hydrogen-bond acceptors (Lipinski definition) is 4. The van der Waals surface area contributed by atoms with Gasteiger partial charge in [-0.05, 0) is 6.07 Å². The number of nitrogens with one attached hydrogen (secondary N) is 1. The fourth-order valence-electron chi connectivity index (χ4n) is 0.722. The summed E-state index contributed by atoms with van der Waals surface area (Å²) >= 11 is 0. The summed E-state index contributed by atoms with van der Waals surface area (Å²) in [5.74, 6) is -0.270. The predicted molar refractivity (Wildman–Crippen MR) is 46.3 cm³/mol. The zero-order valence-electron chi connectivity index (χ0n) is 6.45. The van der Waals surface area contributed by atoms with E-state index in [-0.39, 0.29) is 12.5 Å². The van der Waals surface area contributed by atoms with Crippen LogP contribution in [0.5, 0.6) is 0 Å². The van der Waals surface area contributed by atoms with Crippen molar-refractivity contribution >= 4 is 17.3 Å². The maximum absolute atomic E-state index is 10.8. The number of nitrogens with zero attached hydrogens (tertiary/aromatic N) is 1. The first-order valence-electron chi connectivity index (χ1n) is 3.43. The first-order chi connectivity index (χ1) is 5.74. The molecule has 0 saturated carbocycles. The number of aromatic nitrogens is 1. The fraction of sp³-hybridized carbons (Fsp3) is 0.143. The minimum absolute atomic E-state index is 0.0538. The van der Waals surface area contributed by atoms with Crippen LogP contribution in [0.1, 0.15) is 0 Å². The summed E-state index contributed by atoms with van der Waals surface area (Å²) in [6.45, 7) is -0.0538. The standard InChI is InChI=1S/C7H10N4O/c8-3-7(12)11-6-1-2-10-4-5(6)9/h1-2,4H,3,8-9H2,(H,10,11,12). The Morgan fingerprint density at radius 2 is 2.42 bits per heavy atom. The van der Waals surface area contributed by atoms with E-state index in [1.165, 1.54) is 6.20 Å². The van der Waals surface area contributed by atoms with Crippen LogP contribution in [0.25, 0.3) is 0 Å². The summed E-state index contributed by atoms with van der Waals surface area (Å²) in [5, 5.41) is 2.53. The second kappa shape index (κ2) is 3.68. The largest absolute Gasteiger partial charge is 0.396 e. The lowest BCUT2D eigenvalue weighted by Gasteiger charge is -2.04. The van der Waals surface area contributed by atoms with Crippen molar-refractivity contribution in [3.63, 3.8) is 0 Å². The summed E-state index contributed by atoms with van der Waals surface area (Å²) < 4.78 is 0. The highest BCUT2D eigenvalue weighted by atomic mass is 16.1. The van der Waals surface area contributed by atoms with E-state index in [2.05, 4.69) is 10.3 Å². The van der Waals surface area contributed by atoms with Crippen molar-refractivity contribution in [3.05, 3.63) is 18.5 Å². The molecular weight excluding hydrogens is 156 g/mol. The third-order valence-corrected chi connectivity index (χ3v) is 1.31. The van der Waals surface area contributed by atoms with Crippen molar-refractivity contribution in [1.29, 1.82) is 0 Å². The lowest BCUT2D eigenvalue weighted by molar-refractivity contribution is -0.114. The predicted octanol–water partition coefficient (Wildman–Crippen LogP) is -0.439. The number of amides is 1. The molecule has 0 fully saturated rings. The van der Waals surface area contributed by atoms with Gasteiger partial charge in [0.25, 0.3) is 0 Å². The third kappa shape index (κ3) is 1.93. The molecule has 0 spiro atoms. The number of carbonyl (C=O) groups excluding carboxylic acids is 1. The highest BCUT2D eigenvalue weighted by molar-refractivity contribution is 5.94. The monoisotopic (exact) mass is 166 g/mol. The number of nitrogen functional groups attached to an aromatic ring is 1. The number of anilines is 2. The Kier molecular flexibility index (Phi) is 2.60. The summed E-state index contributed by atoms with van der Waals surface area (Å²) in [7, 11) is 0. The third-order valence-electron chi connectivity index (χ3n) is 1.31. The molecule has 1 rings (SSSR count). The van der Waals surface area contributed by atoms with Gasteiger partial charge in [-0.1, -0.05) is 0 Å². The van der Waals surface area contributed by atoms with Gasteiger partial charge in [0.1, 0.15) is 0 Å². The Labute approximate surface area is 69.8 Å². The number of rotatable bonds is 2. The smallest absolute Gasteiger partial charge is 0.238 e. The van der Waals surface area contributed by atoms with Crippen molar-refractivity contribution < 1.29 is 4.79 Å². The second-order valence-electron chi connectivity index (χ2n) is 2.22. The molecule has 64 valence electrons. The zero-order valence-corrected chi connectivity index (χ0v) is 6.45. The van der Waals surface area contributed by atoms with Gasteiger partial charge in [0.2, 0.25) is 5.91 Å². The van der Waals surface area contributed by atoms with E-state index in [1.54, 1.807) is 12.3 Å². The highest BCUT2D eigenvalue weighted by Crippen LogP contribution is 2.14. The Hall–Kier alpha value is -1.62. The molecule has 0 unspecified atom stereocenters. The average molecular weight is 166 g/mol. The highest BCUT2D eigenvalue weighted by Gasteiger charge is 2.01. The van der Waals surface area contributed by atoms with Crippen LogP contribution in [0, 0.1) is 0 Å². The lowest BCUT2D eigenvalue weighted by Crippen LogP contribution is -2.22. The van der Waals surface area contributed by atoms with Gasteiger partial charge in [-0.15, -0.1) is 0 Å². The Morgan fingerprint density at radius 3 is 3.00 bits per heavy atom. The van der Waals surface area contributed by atoms with Gasteiger partial charge >= 0.3 is 0 Å². The van der Waals surface area contributed by atoms with Gasteiger partial charge in [-0.3, -0.25) is 9.78 Å². The number of pyridine rings is 1. The molecule has 0 aliphatic carbocycles. The van der Waals surface area contributed by atoms with Crippen LogP contribution in [0.3, 0.4) is 0 Å². The van der Waals surface area contributed by atoms with Gasteiger partial charge in [0.15, 0.2) is 0 Å². The fourth-order valence-corrected chi connectivity index (χ4v) is 0.722. The maximum Gasteiger partial charge on any atom is 0.238 e. The summed E-state index contributed by atoms with van der Waals surface area (Å²) in [4.78, 5) is 14.6. The first-order valence-corrected chi connectivity index (χ1v) is 3.43. The molecule has 1 aromatic rings. The first kappa shape index (κ1) is 8.48. The molecule has 5 N–H and O–H groups in total. The van der Waals surface area contributed by atoms with E-state index >= 15 is 0 Å². The van der Waals surface area contributed by atoms with Crippen molar-refractivity contribution in [2.24, 2.45) is 5.73 Å². The van der Waals surface area contributed by atoms with Gasteiger partial charge in [0.05, 0.1) is 24.1 Å². The molecule has 0 aliphatic heterocycles. The van der Waals surface area contributed by atoms with Crippen LogP contribution in [-0.4, -0.2) is 17.4 Å².